The molecule has 2 N–H and O–H groups in total. The van der Waals surface area contributed by atoms with Gasteiger partial charge in [0.2, 0.25) is 5.91 Å². The number of rotatable bonds is 3. The highest BCUT2D eigenvalue weighted by atomic mass is 16.4. The maximum Gasteiger partial charge on any atom is 0.337 e. The Morgan fingerprint density at radius 3 is 2.68 bits per heavy atom. The summed E-state index contributed by atoms with van der Waals surface area (Å²) in [6.07, 6.45) is 3.29. The summed E-state index contributed by atoms with van der Waals surface area (Å²) in [5, 5.41) is 11.9. The van der Waals surface area contributed by atoms with Crippen LogP contribution in [0.2, 0.25) is 0 Å². The fraction of sp³-hybridized carbons (Fsp3) is 0.357. The largest absolute Gasteiger partial charge is 0.478 e. The topological polar surface area (TPSA) is 79.3 Å². The van der Waals surface area contributed by atoms with E-state index < -0.39 is 11.4 Å². The number of amides is 1. The van der Waals surface area contributed by atoms with Crippen LogP contribution in [0.5, 0.6) is 0 Å². The van der Waals surface area contributed by atoms with Gasteiger partial charge in [0.15, 0.2) is 0 Å². The minimum Gasteiger partial charge on any atom is -0.478 e. The first kappa shape index (κ1) is 13.3. The number of aromatic carboxylic acids is 1. The summed E-state index contributed by atoms with van der Waals surface area (Å²) in [5.41, 5.74) is 0.219. The van der Waals surface area contributed by atoms with E-state index in [4.69, 9.17) is 5.11 Å². The number of carboxylic acid groups (broad SMARTS) is 1. The predicted octanol–water partition coefficient (Wildman–Crippen LogP) is 1.91. The number of aromatic nitrogens is 1. The number of carbonyl (C=O) groups excluding carboxylic acids is 1. The van der Waals surface area contributed by atoms with Crippen LogP contribution in [-0.2, 0) is 4.79 Å². The molecule has 1 atom stereocenters. The van der Waals surface area contributed by atoms with Gasteiger partial charge in [0, 0.05) is 6.20 Å². The summed E-state index contributed by atoms with van der Waals surface area (Å²) < 4.78 is 0. The van der Waals surface area contributed by atoms with Crippen molar-refractivity contribution in [3.05, 3.63) is 35.7 Å². The molecular formula is C14H16N2O3. The zero-order valence-corrected chi connectivity index (χ0v) is 11.1. The third-order valence-corrected chi connectivity index (χ3v) is 3.67. The molecule has 0 saturated heterocycles. The van der Waals surface area contributed by atoms with E-state index in [2.05, 4.69) is 10.3 Å². The molecule has 2 heterocycles. The van der Waals surface area contributed by atoms with Crippen LogP contribution in [0.15, 0.2) is 24.4 Å². The van der Waals surface area contributed by atoms with Crippen molar-refractivity contribution in [2.45, 2.75) is 20.8 Å². The lowest BCUT2D eigenvalue weighted by atomic mass is 9.79. The molecule has 0 bridgehead atoms. The highest BCUT2D eigenvalue weighted by Crippen LogP contribution is 2.37. The number of nitrogens with one attached hydrogen (secondary N) is 1. The Labute approximate surface area is 111 Å². The molecule has 0 aliphatic carbocycles. The summed E-state index contributed by atoms with van der Waals surface area (Å²) in [4.78, 5) is 27.3. The van der Waals surface area contributed by atoms with Gasteiger partial charge in [-0.15, -0.1) is 0 Å². The summed E-state index contributed by atoms with van der Waals surface area (Å²) in [6, 6.07) is 3.04. The highest BCUT2D eigenvalue weighted by molar-refractivity contribution is 6.01. The van der Waals surface area contributed by atoms with Crippen LogP contribution < -0.4 is 5.32 Å². The number of nitrogens with zero attached hydrogens (tertiary/aromatic N) is 1. The van der Waals surface area contributed by atoms with Crippen LogP contribution >= 0.6 is 0 Å². The molecule has 19 heavy (non-hydrogen) atoms. The van der Waals surface area contributed by atoms with Crippen molar-refractivity contribution < 1.29 is 14.7 Å². The highest BCUT2D eigenvalue weighted by Gasteiger charge is 2.41. The third kappa shape index (κ3) is 2.12. The lowest BCUT2D eigenvalue weighted by Crippen LogP contribution is -2.34. The average Bonchev–Trinajstić information content (AvgIpc) is 2.67. The van der Waals surface area contributed by atoms with Gasteiger partial charge in [-0.1, -0.05) is 13.8 Å². The van der Waals surface area contributed by atoms with Gasteiger partial charge in [-0.2, -0.15) is 0 Å². The molecule has 1 aliphatic rings. The summed E-state index contributed by atoms with van der Waals surface area (Å²) in [6.45, 7) is 5.74. The van der Waals surface area contributed by atoms with Crippen LogP contribution in [0.1, 0.15) is 36.8 Å². The molecule has 0 saturated carbocycles. The minimum absolute atomic E-state index is 0.0852. The quantitative estimate of drug-likeness (QED) is 0.870. The number of hydrogen-bond acceptors (Lipinski definition) is 3. The Morgan fingerprint density at radius 2 is 2.16 bits per heavy atom. The van der Waals surface area contributed by atoms with Gasteiger partial charge < -0.3 is 10.4 Å². The van der Waals surface area contributed by atoms with E-state index in [1.165, 1.54) is 12.3 Å². The Bertz CT molecular complexity index is 578. The van der Waals surface area contributed by atoms with Crippen LogP contribution in [0.4, 0.5) is 0 Å². The lowest BCUT2D eigenvalue weighted by molar-refractivity contribution is -0.127. The van der Waals surface area contributed by atoms with Crippen molar-refractivity contribution in [3.63, 3.8) is 0 Å². The molecular weight excluding hydrogens is 244 g/mol. The molecule has 2 rings (SSSR count). The first-order valence-corrected chi connectivity index (χ1v) is 6.09. The first-order chi connectivity index (χ1) is 8.86. The number of carbonyl (C=O) groups is 2. The van der Waals surface area contributed by atoms with Gasteiger partial charge in [0.05, 0.1) is 16.7 Å². The predicted molar refractivity (Wildman–Crippen MR) is 70.3 cm³/mol. The van der Waals surface area contributed by atoms with Crippen molar-refractivity contribution in [1.29, 1.82) is 0 Å². The van der Waals surface area contributed by atoms with E-state index in [-0.39, 0.29) is 17.4 Å². The molecule has 0 spiro atoms. The second-order valence-corrected chi connectivity index (χ2v) is 5.15. The molecule has 1 unspecified atom stereocenters. The van der Waals surface area contributed by atoms with E-state index in [1.54, 1.807) is 12.1 Å². The zero-order valence-electron chi connectivity index (χ0n) is 11.1. The number of pyridine rings is 1. The maximum atomic E-state index is 12.1. The van der Waals surface area contributed by atoms with Gasteiger partial charge in [0.1, 0.15) is 5.69 Å². The van der Waals surface area contributed by atoms with Gasteiger partial charge >= 0.3 is 5.97 Å². The van der Waals surface area contributed by atoms with Crippen LogP contribution in [0, 0.1) is 11.3 Å². The fourth-order valence-electron chi connectivity index (χ4n) is 2.01. The third-order valence-electron chi connectivity index (χ3n) is 3.67. The van der Waals surface area contributed by atoms with E-state index >= 15 is 0 Å². The van der Waals surface area contributed by atoms with Gasteiger partial charge in [-0.05, 0) is 31.1 Å². The molecule has 5 heteroatoms. The van der Waals surface area contributed by atoms with Crippen molar-refractivity contribution in [3.8, 4) is 0 Å². The van der Waals surface area contributed by atoms with E-state index in [9.17, 15) is 9.59 Å². The normalized spacial score (nSPS) is 22.3. The average molecular weight is 260 g/mol. The first-order valence-electron chi connectivity index (χ1n) is 6.09. The molecule has 1 aromatic heterocycles. The number of carboxylic acids is 1. The Kier molecular flexibility index (Phi) is 3.14. The van der Waals surface area contributed by atoms with Gasteiger partial charge in [-0.25, -0.2) is 4.79 Å². The Balaban J connectivity index is 2.51. The van der Waals surface area contributed by atoms with Crippen molar-refractivity contribution in [2.24, 2.45) is 11.3 Å². The van der Waals surface area contributed by atoms with E-state index in [0.717, 1.165) is 0 Å². The molecule has 5 nitrogen and oxygen atoms in total. The van der Waals surface area contributed by atoms with Crippen molar-refractivity contribution in [2.75, 3.05) is 0 Å². The Morgan fingerprint density at radius 1 is 1.47 bits per heavy atom. The maximum absolute atomic E-state index is 12.1. The number of hydrogen-bond donors (Lipinski definition) is 2. The molecule has 100 valence electrons. The van der Waals surface area contributed by atoms with Gasteiger partial charge in [0.25, 0.3) is 0 Å². The van der Waals surface area contributed by atoms with Crippen molar-refractivity contribution in [1.82, 2.24) is 10.3 Å². The van der Waals surface area contributed by atoms with E-state index in [1.807, 2.05) is 20.8 Å². The molecule has 1 aromatic rings. The zero-order chi connectivity index (χ0) is 14.2. The fourth-order valence-corrected chi connectivity index (χ4v) is 2.01. The van der Waals surface area contributed by atoms with Crippen LogP contribution in [0.3, 0.4) is 0 Å². The van der Waals surface area contributed by atoms with Crippen molar-refractivity contribution >= 4 is 17.6 Å². The molecule has 1 aliphatic heterocycles. The monoisotopic (exact) mass is 260 g/mol. The van der Waals surface area contributed by atoms with Crippen LogP contribution in [0.25, 0.3) is 5.70 Å². The standard InChI is InChI=1S/C14H16N2O3/c1-8(2)14(3)7-10(16-13(14)19)11-9(12(17)18)5-4-6-15-11/h4-8H,1-3H3,(H,16,19)(H,17,18). The lowest BCUT2D eigenvalue weighted by Gasteiger charge is -2.23. The molecule has 0 aromatic carbocycles. The second kappa shape index (κ2) is 4.50. The minimum atomic E-state index is -1.06. The van der Waals surface area contributed by atoms with Crippen LogP contribution in [-0.4, -0.2) is 22.0 Å². The van der Waals surface area contributed by atoms with Gasteiger partial charge in [-0.3, -0.25) is 9.78 Å². The smallest absolute Gasteiger partial charge is 0.337 e. The van der Waals surface area contributed by atoms with E-state index in [0.29, 0.717) is 11.4 Å². The molecule has 0 fully saturated rings. The summed E-state index contributed by atoms with van der Waals surface area (Å²) in [7, 11) is 0. The SMILES string of the molecule is CC(C)C1(C)C=C(c2ncccc2C(=O)O)NC1=O. The molecule has 1 amide bonds. The molecule has 0 radical (unpaired) electrons. The summed E-state index contributed by atoms with van der Waals surface area (Å²) >= 11 is 0. The Hall–Kier alpha value is -2.17. The second-order valence-electron chi connectivity index (χ2n) is 5.15. The summed E-state index contributed by atoms with van der Waals surface area (Å²) in [5.74, 6) is -1.07.